The van der Waals surface area contributed by atoms with Crippen LogP contribution in [0.1, 0.15) is 245 Å². The fourth-order valence-electron chi connectivity index (χ4n) is 12.0. The van der Waals surface area contributed by atoms with Gasteiger partial charge in [0.05, 0.1) is 44.1 Å². The lowest BCUT2D eigenvalue weighted by atomic mass is 9.88. The van der Waals surface area contributed by atoms with E-state index in [-0.39, 0.29) is 12.3 Å². The molecule has 2 amide bonds. The highest BCUT2D eigenvalue weighted by atomic mass is 19.1. The van der Waals surface area contributed by atoms with Gasteiger partial charge in [-0.3, -0.25) is 9.59 Å². The Balaban J connectivity index is 1.59. The highest BCUT2D eigenvalue weighted by Gasteiger charge is 2.60. The van der Waals surface area contributed by atoms with Crippen LogP contribution in [0.4, 0.5) is 4.39 Å². The van der Waals surface area contributed by atoms with Crippen molar-refractivity contribution in [2.75, 3.05) is 26.5 Å². The average Bonchev–Trinajstić information content (AvgIpc) is 0.829. The summed E-state index contributed by atoms with van der Waals surface area (Å²) in [6, 6.07) is -2.67. The van der Waals surface area contributed by atoms with E-state index in [1.165, 1.54) is 154 Å². The van der Waals surface area contributed by atoms with E-state index in [4.69, 9.17) is 28.4 Å². The average molecular weight is 1270 g/mol. The molecule has 13 N–H and O–H groups in total. The molecule has 18 atom stereocenters. The minimum atomic E-state index is -3.12. The molecule has 0 aromatic heterocycles. The molecule has 516 valence electrons. The topological polar surface area (TPSA) is 353 Å². The number of aliphatic hydroxyl groups is 10. The molecule has 3 saturated heterocycles. The third-order valence-corrected chi connectivity index (χ3v) is 17.4. The number of carbonyl (C=O) groups is 3. The van der Waals surface area contributed by atoms with Gasteiger partial charge in [0.2, 0.25) is 11.8 Å². The smallest absolute Gasteiger partial charge is 0.364 e. The van der Waals surface area contributed by atoms with Crippen LogP contribution in [0.2, 0.25) is 0 Å². The Bertz CT molecular complexity index is 1850. The molecule has 3 aliphatic rings. The van der Waals surface area contributed by atoms with Gasteiger partial charge in [-0.1, -0.05) is 219 Å². The van der Waals surface area contributed by atoms with Crippen molar-refractivity contribution in [3.63, 3.8) is 0 Å². The van der Waals surface area contributed by atoms with Crippen LogP contribution in [0.25, 0.3) is 0 Å². The van der Waals surface area contributed by atoms with Crippen LogP contribution in [-0.2, 0) is 42.8 Å². The lowest BCUT2D eigenvalue weighted by Crippen LogP contribution is -2.70. The van der Waals surface area contributed by atoms with E-state index in [2.05, 4.69) is 24.5 Å². The van der Waals surface area contributed by atoms with Gasteiger partial charge in [0.1, 0.15) is 73.8 Å². The molecule has 0 bridgehead atoms. The van der Waals surface area contributed by atoms with Crippen LogP contribution in [0.15, 0.2) is 12.2 Å². The van der Waals surface area contributed by atoms with Crippen molar-refractivity contribution in [3.05, 3.63) is 12.2 Å². The van der Waals surface area contributed by atoms with Crippen LogP contribution < -0.4 is 10.6 Å². The van der Waals surface area contributed by atoms with Crippen molar-refractivity contribution in [1.82, 2.24) is 10.6 Å². The number of hydrogen-bond donors (Lipinski definition) is 13. The summed E-state index contributed by atoms with van der Waals surface area (Å²) >= 11 is 0. The maximum atomic E-state index is 13.6. The second-order valence-electron chi connectivity index (χ2n) is 25.0. The van der Waals surface area contributed by atoms with E-state index in [0.29, 0.717) is 12.8 Å². The number of alkyl halides is 1. The zero-order valence-corrected chi connectivity index (χ0v) is 53.5. The maximum Gasteiger partial charge on any atom is 0.364 e. The Morgan fingerprint density at radius 3 is 1.53 bits per heavy atom. The fourth-order valence-corrected chi connectivity index (χ4v) is 12.0. The molecule has 0 saturated carbocycles. The van der Waals surface area contributed by atoms with E-state index in [9.17, 15) is 74.9 Å². The standard InChI is InChI=1S/C65H119FN2O20/c1-4-6-8-10-12-14-16-18-19-20-21-22-23-24-25-27-29-31-33-35-37-39-52(75)68-46(47(72)38-36-34-32-30-28-26-17-15-13-11-9-7-5-2)44-83-62-57(79)56(78)59(51(43-70)85-62)86-63-58(80)61(55(77)50(42-69)84-63)88-65(64(81)82)40-48(73)53(67-45(3)71)60(87-65)54(76)49(74)41-66/h36,38,46-51,53-63,69-70,72-74,76-80H,4-35,37,39-44H2,1-3H3,(H,67,71)(H,68,75)(H,81,82)/b38-36+/t46-,47+,48-,49+,50+,51+,53+,54+,55-,56+,57+,58+,59+,60+,61-,62+,63-,65-/m0/s1. The molecule has 3 fully saturated rings. The van der Waals surface area contributed by atoms with Gasteiger partial charge in [-0.15, -0.1) is 0 Å². The quantitative estimate of drug-likeness (QED) is 0.0229. The first-order chi connectivity index (χ1) is 42.4. The van der Waals surface area contributed by atoms with Gasteiger partial charge in [-0.2, -0.15) is 0 Å². The Morgan fingerprint density at radius 2 is 1.08 bits per heavy atom. The number of rotatable bonds is 51. The minimum absolute atomic E-state index is 0.201. The fraction of sp³-hybridized carbons (Fsp3) is 0.923. The molecule has 3 aliphatic heterocycles. The van der Waals surface area contributed by atoms with E-state index >= 15 is 0 Å². The molecule has 23 heteroatoms. The monoisotopic (exact) mass is 1270 g/mol. The van der Waals surface area contributed by atoms with Crippen molar-refractivity contribution in [2.45, 2.75) is 355 Å². The zero-order chi connectivity index (χ0) is 64.7. The summed E-state index contributed by atoms with van der Waals surface area (Å²) in [5, 5.41) is 126. The zero-order valence-electron chi connectivity index (χ0n) is 53.5. The minimum Gasteiger partial charge on any atom is -0.477 e. The molecule has 0 aromatic rings. The number of ether oxygens (including phenoxy) is 6. The van der Waals surface area contributed by atoms with Gasteiger partial charge >= 0.3 is 5.97 Å². The molecule has 22 nitrogen and oxygen atoms in total. The molecule has 0 radical (unpaired) electrons. The Labute approximate surface area is 524 Å². The summed E-state index contributed by atoms with van der Waals surface area (Å²) in [6.07, 6.45) is 13.3. The maximum absolute atomic E-state index is 13.6. The molecule has 0 aliphatic carbocycles. The highest BCUT2D eigenvalue weighted by molar-refractivity contribution is 5.77. The molecule has 88 heavy (non-hydrogen) atoms. The highest BCUT2D eigenvalue weighted by Crippen LogP contribution is 2.39. The van der Waals surface area contributed by atoms with Crippen molar-refractivity contribution in [1.29, 1.82) is 0 Å². The number of nitrogens with one attached hydrogen (secondary N) is 2. The number of halogens is 1. The van der Waals surface area contributed by atoms with Crippen LogP contribution >= 0.6 is 0 Å². The van der Waals surface area contributed by atoms with Crippen molar-refractivity contribution >= 4 is 17.8 Å². The lowest BCUT2D eigenvalue weighted by Gasteiger charge is -2.50. The molecule has 0 unspecified atom stereocenters. The van der Waals surface area contributed by atoms with Gasteiger partial charge in [-0.25, -0.2) is 9.18 Å². The Morgan fingerprint density at radius 1 is 0.614 bits per heavy atom. The number of carboxylic acids is 1. The van der Waals surface area contributed by atoms with Gasteiger partial charge in [0, 0.05) is 19.8 Å². The van der Waals surface area contributed by atoms with E-state index < -0.39 is 155 Å². The number of aliphatic hydroxyl groups excluding tert-OH is 10. The van der Waals surface area contributed by atoms with Crippen LogP contribution in [0, 0.1) is 0 Å². The lowest BCUT2D eigenvalue weighted by molar-refractivity contribution is -0.386. The van der Waals surface area contributed by atoms with Gasteiger partial charge in [0.15, 0.2) is 12.6 Å². The van der Waals surface area contributed by atoms with Gasteiger partial charge in [-0.05, 0) is 19.3 Å². The predicted molar refractivity (Wildman–Crippen MR) is 328 cm³/mol. The van der Waals surface area contributed by atoms with E-state index in [1.807, 2.05) is 6.08 Å². The molecule has 0 aromatic carbocycles. The number of aliphatic carboxylic acids is 1. The summed E-state index contributed by atoms with van der Waals surface area (Å²) in [5.74, 6) is -6.24. The summed E-state index contributed by atoms with van der Waals surface area (Å²) in [5.41, 5.74) is 0. The second-order valence-corrected chi connectivity index (χ2v) is 25.0. The number of carboxylic acid groups (broad SMARTS) is 1. The first-order valence-corrected chi connectivity index (χ1v) is 34.0. The second kappa shape index (κ2) is 46.5. The van der Waals surface area contributed by atoms with Gasteiger partial charge < -0.3 is 95.2 Å². The molecule has 0 spiro atoms. The Kier molecular flexibility index (Phi) is 42.1. The molecular formula is C65H119FN2O20. The van der Waals surface area contributed by atoms with Gasteiger partial charge in [0.25, 0.3) is 5.79 Å². The first-order valence-electron chi connectivity index (χ1n) is 34.0. The summed E-state index contributed by atoms with van der Waals surface area (Å²) in [7, 11) is 0. The van der Waals surface area contributed by atoms with E-state index in [0.717, 1.165) is 51.9 Å². The van der Waals surface area contributed by atoms with Crippen LogP contribution in [-0.4, -0.2) is 210 Å². The van der Waals surface area contributed by atoms with Crippen LogP contribution in [0.3, 0.4) is 0 Å². The Hall–Kier alpha value is -2.56. The number of unbranched alkanes of at least 4 members (excludes halogenated alkanes) is 31. The van der Waals surface area contributed by atoms with Crippen molar-refractivity contribution in [3.8, 4) is 0 Å². The van der Waals surface area contributed by atoms with Crippen LogP contribution in [0.5, 0.6) is 0 Å². The number of hydrogen-bond acceptors (Lipinski definition) is 19. The molecule has 3 heterocycles. The predicted octanol–water partition coefficient (Wildman–Crippen LogP) is 6.48. The molecule has 3 rings (SSSR count). The van der Waals surface area contributed by atoms with E-state index in [1.54, 1.807) is 6.08 Å². The summed E-state index contributed by atoms with van der Waals surface area (Å²) in [6.45, 7) is 1.58. The number of allylic oxidation sites excluding steroid dienone is 1. The number of carbonyl (C=O) groups excluding carboxylic acids is 2. The van der Waals surface area contributed by atoms with Crippen molar-refractivity contribution in [2.24, 2.45) is 0 Å². The van der Waals surface area contributed by atoms with Crippen molar-refractivity contribution < 1.29 is 103 Å². The normalized spacial score (nSPS) is 29.0. The largest absolute Gasteiger partial charge is 0.477 e. The third-order valence-electron chi connectivity index (χ3n) is 17.4. The number of amides is 2. The SMILES string of the molecule is CCCCCCCCCCCCC/C=C/[C@@H](O)[C@H](CO[C@@H]1O[C@H](CO)[C@@H](O[C@@H]2O[C@H](CO)[C@H](O)[C@H](O[C@]3(C(=O)O)C[C@H](O)[C@@H](NC(C)=O)[C@H]([C@H](O)[C@H](O)CF)O3)[C@H]2O)[C@H](O)[C@H]1O)NC(=O)CCCCCCCCCCCCCCCCCCCCCCC. The summed E-state index contributed by atoms with van der Waals surface area (Å²) in [4.78, 5) is 38.4. The third kappa shape index (κ3) is 29.2. The summed E-state index contributed by atoms with van der Waals surface area (Å²) < 4.78 is 48.2. The first kappa shape index (κ1) is 79.7. The molecular weight excluding hydrogens is 1150 g/mol.